The van der Waals surface area contributed by atoms with Crippen LogP contribution in [-0.4, -0.2) is 45.0 Å². The number of ether oxygens (including phenoxy) is 1. The molecule has 0 aliphatic rings. The van der Waals surface area contributed by atoms with Crippen LogP contribution in [0.5, 0.6) is 5.75 Å². The number of carbonyl (C=O) groups excluding carboxylic acids is 1. The molecule has 0 bridgehead atoms. The Labute approximate surface area is 151 Å². The third-order valence-electron chi connectivity index (χ3n) is 3.41. The fourth-order valence-electron chi connectivity index (χ4n) is 2.52. The first-order valence-corrected chi connectivity index (χ1v) is 10.0. The first-order chi connectivity index (χ1) is 11.6. The van der Waals surface area contributed by atoms with E-state index in [4.69, 9.17) is 4.74 Å². The van der Waals surface area contributed by atoms with E-state index in [0.29, 0.717) is 18.7 Å². The monoisotopic (exact) mass is 370 g/mol. The smallest absolute Gasteiger partial charge is 0.253 e. The summed E-state index contributed by atoms with van der Waals surface area (Å²) in [4.78, 5) is 14.5. The Kier molecular flexibility index (Phi) is 7.44. The van der Waals surface area contributed by atoms with Crippen molar-refractivity contribution in [2.75, 3.05) is 20.2 Å². The zero-order valence-corrected chi connectivity index (χ0v) is 16.9. The second-order valence-corrected chi connectivity index (χ2v) is 8.66. The number of carbonyl (C=O) groups is 1. The zero-order chi connectivity index (χ0) is 19.3. The van der Waals surface area contributed by atoms with Gasteiger partial charge in [-0.1, -0.05) is 13.8 Å². The van der Waals surface area contributed by atoms with Crippen molar-refractivity contribution in [3.8, 4) is 5.75 Å². The Morgan fingerprint density at radius 2 is 1.72 bits per heavy atom. The van der Waals surface area contributed by atoms with E-state index in [2.05, 4.69) is 4.72 Å². The second kappa shape index (κ2) is 8.67. The van der Waals surface area contributed by atoms with Crippen LogP contribution in [0.3, 0.4) is 0 Å². The van der Waals surface area contributed by atoms with Crippen LogP contribution in [0.25, 0.3) is 0 Å². The van der Waals surface area contributed by atoms with E-state index in [9.17, 15) is 13.2 Å². The van der Waals surface area contributed by atoms with Crippen LogP contribution in [0.1, 0.15) is 57.8 Å². The van der Waals surface area contributed by atoms with Gasteiger partial charge in [-0.25, -0.2) is 13.1 Å². The van der Waals surface area contributed by atoms with Crippen molar-refractivity contribution in [3.63, 3.8) is 0 Å². The molecule has 1 aromatic rings. The van der Waals surface area contributed by atoms with Crippen LogP contribution in [-0.2, 0) is 10.0 Å². The van der Waals surface area contributed by atoms with Crippen molar-refractivity contribution in [2.45, 2.75) is 57.9 Å². The van der Waals surface area contributed by atoms with Gasteiger partial charge in [0.25, 0.3) is 5.91 Å². The van der Waals surface area contributed by atoms with Crippen molar-refractivity contribution in [1.82, 2.24) is 9.62 Å². The molecule has 0 fully saturated rings. The summed E-state index contributed by atoms with van der Waals surface area (Å²) in [7, 11) is -2.40. The number of hydrogen-bond donors (Lipinski definition) is 1. The van der Waals surface area contributed by atoms with Crippen molar-refractivity contribution in [3.05, 3.63) is 23.8 Å². The van der Waals surface area contributed by atoms with Gasteiger partial charge in [-0.05, 0) is 51.8 Å². The molecule has 0 saturated heterocycles. The summed E-state index contributed by atoms with van der Waals surface area (Å²) in [5.41, 5.74) is -0.294. The lowest BCUT2D eigenvalue weighted by Gasteiger charge is -2.23. The average molecular weight is 371 g/mol. The molecule has 1 amide bonds. The van der Waals surface area contributed by atoms with E-state index >= 15 is 0 Å². The molecule has 0 unspecified atom stereocenters. The third-order valence-corrected chi connectivity index (χ3v) is 5.19. The summed E-state index contributed by atoms with van der Waals surface area (Å²) in [5, 5.41) is 0. The van der Waals surface area contributed by atoms with Gasteiger partial charge in [-0.15, -0.1) is 0 Å². The van der Waals surface area contributed by atoms with Crippen molar-refractivity contribution < 1.29 is 17.9 Å². The molecule has 1 aromatic carbocycles. The third kappa shape index (κ3) is 6.01. The first kappa shape index (κ1) is 21.4. The highest BCUT2D eigenvalue weighted by molar-refractivity contribution is 7.89. The number of benzene rings is 1. The molecule has 0 aliphatic carbocycles. The van der Waals surface area contributed by atoms with Gasteiger partial charge in [0.05, 0.1) is 7.11 Å². The minimum Gasteiger partial charge on any atom is -0.495 e. The van der Waals surface area contributed by atoms with Crippen LogP contribution in [0.4, 0.5) is 0 Å². The maximum absolute atomic E-state index is 12.8. The maximum atomic E-state index is 12.8. The lowest BCUT2D eigenvalue weighted by molar-refractivity contribution is 0.0755. The van der Waals surface area contributed by atoms with Gasteiger partial charge in [0.1, 0.15) is 10.6 Å². The Morgan fingerprint density at radius 1 is 1.16 bits per heavy atom. The predicted molar refractivity (Wildman–Crippen MR) is 99.6 cm³/mol. The SMILES string of the molecule is CCCN(CCC)C(=O)c1ccc(OC)c(S(=O)(=O)NC(C)(C)C)c1. The van der Waals surface area contributed by atoms with Gasteiger partial charge in [-0.2, -0.15) is 0 Å². The zero-order valence-electron chi connectivity index (χ0n) is 16.0. The molecule has 0 atom stereocenters. The van der Waals surface area contributed by atoms with Gasteiger partial charge in [0, 0.05) is 24.2 Å². The molecule has 0 saturated carbocycles. The minimum atomic E-state index is -3.81. The molecule has 0 spiro atoms. The van der Waals surface area contributed by atoms with E-state index in [1.54, 1.807) is 31.7 Å². The molecule has 0 radical (unpaired) electrons. The standard InChI is InChI=1S/C18H30N2O4S/c1-7-11-20(12-8-2)17(21)14-9-10-15(24-6)16(13-14)25(22,23)19-18(3,4)5/h9-10,13,19H,7-8,11-12H2,1-6H3. The Morgan fingerprint density at radius 3 is 2.16 bits per heavy atom. The molecule has 0 aliphatic heterocycles. The minimum absolute atomic E-state index is 0.0243. The molecule has 0 aromatic heterocycles. The molecule has 0 heterocycles. The summed E-state index contributed by atoms with van der Waals surface area (Å²) in [6, 6.07) is 4.53. The molecule has 25 heavy (non-hydrogen) atoms. The molecular weight excluding hydrogens is 340 g/mol. The Bertz CT molecular complexity index is 688. The van der Waals surface area contributed by atoms with E-state index in [-0.39, 0.29) is 16.6 Å². The highest BCUT2D eigenvalue weighted by Gasteiger charge is 2.27. The summed E-state index contributed by atoms with van der Waals surface area (Å²) in [5.74, 6) is 0.0457. The lowest BCUT2D eigenvalue weighted by Crippen LogP contribution is -2.40. The number of methoxy groups -OCH3 is 1. The molecule has 7 heteroatoms. The average Bonchev–Trinajstić information content (AvgIpc) is 2.51. The van der Waals surface area contributed by atoms with Crippen molar-refractivity contribution in [2.24, 2.45) is 0 Å². The fraction of sp³-hybridized carbons (Fsp3) is 0.611. The molecular formula is C18H30N2O4S. The molecule has 142 valence electrons. The highest BCUT2D eigenvalue weighted by atomic mass is 32.2. The molecule has 1 N–H and O–H groups in total. The van der Waals surface area contributed by atoms with Crippen LogP contribution in [0, 0.1) is 0 Å². The van der Waals surface area contributed by atoms with E-state index in [1.165, 1.54) is 19.2 Å². The maximum Gasteiger partial charge on any atom is 0.253 e. The van der Waals surface area contributed by atoms with Gasteiger partial charge in [-0.3, -0.25) is 4.79 Å². The number of nitrogens with zero attached hydrogens (tertiary/aromatic N) is 1. The van der Waals surface area contributed by atoms with Crippen LogP contribution < -0.4 is 9.46 Å². The van der Waals surface area contributed by atoms with E-state index in [1.807, 2.05) is 13.8 Å². The highest BCUT2D eigenvalue weighted by Crippen LogP contribution is 2.26. The fourth-order valence-corrected chi connectivity index (χ4v) is 4.13. The van der Waals surface area contributed by atoms with Gasteiger partial charge < -0.3 is 9.64 Å². The Balaban J connectivity index is 3.32. The van der Waals surface area contributed by atoms with Crippen LogP contribution in [0.2, 0.25) is 0 Å². The van der Waals surface area contributed by atoms with Gasteiger partial charge in [0.2, 0.25) is 10.0 Å². The predicted octanol–water partition coefficient (Wildman–Crippen LogP) is 3.03. The summed E-state index contributed by atoms with van der Waals surface area (Å²) in [6.45, 7) is 10.6. The van der Waals surface area contributed by atoms with Crippen LogP contribution in [0.15, 0.2) is 23.1 Å². The first-order valence-electron chi connectivity index (χ1n) is 8.57. The number of sulfonamides is 1. The largest absolute Gasteiger partial charge is 0.495 e. The summed E-state index contributed by atoms with van der Waals surface area (Å²) in [6.07, 6.45) is 1.69. The normalized spacial score (nSPS) is 12.1. The van der Waals surface area contributed by atoms with Crippen molar-refractivity contribution in [1.29, 1.82) is 0 Å². The summed E-state index contributed by atoms with van der Waals surface area (Å²) < 4.78 is 33.2. The van der Waals surface area contributed by atoms with Gasteiger partial charge in [0.15, 0.2) is 0 Å². The van der Waals surface area contributed by atoms with Crippen LogP contribution >= 0.6 is 0 Å². The lowest BCUT2D eigenvalue weighted by atomic mass is 10.1. The summed E-state index contributed by atoms with van der Waals surface area (Å²) >= 11 is 0. The molecule has 6 nitrogen and oxygen atoms in total. The van der Waals surface area contributed by atoms with Crippen molar-refractivity contribution >= 4 is 15.9 Å². The number of hydrogen-bond acceptors (Lipinski definition) is 4. The number of amides is 1. The Hall–Kier alpha value is -1.60. The molecule has 1 rings (SSSR count). The second-order valence-electron chi connectivity index (χ2n) is 7.01. The van der Waals surface area contributed by atoms with Gasteiger partial charge >= 0.3 is 0 Å². The number of nitrogens with one attached hydrogen (secondary N) is 1. The van der Waals surface area contributed by atoms with E-state index < -0.39 is 15.6 Å². The quantitative estimate of drug-likeness (QED) is 0.763. The topological polar surface area (TPSA) is 75.7 Å². The number of rotatable bonds is 8. The van der Waals surface area contributed by atoms with E-state index in [0.717, 1.165) is 12.8 Å².